The van der Waals surface area contributed by atoms with Crippen molar-refractivity contribution >= 4 is 21.6 Å². The Morgan fingerprint density at radius 1 is 1.45 bits per heavy atom. The van der Waals surface area contributed by atoms with E-state index < -0.39 is 0 Å². The molecular weight excluding hydrogens is 316 g/mol. The Bertz CT molecular complexity index is 466. The number of rotatable bonds is 4. The van der Waals surface area contributed by atoms with E-state index in [4.69, 9.17) is 4.74 Å². The van der Waals surface area contributed by atoms with E-state index in [0.29, 0.717) is 6.04 Å². The van der Waals surface area contributed by atoms with Gasteiger partial charge in [-0.3, -0.25) is 0 Å². The number of ether oxygens (including phenoxy) is 1. The molecule has 20 heavy (non-hydrogen) atoms. The van der Waals surface area contributed by atoms with Gasteiger partial charge in [-0.25, -0.2) is 0 Å². The van der Waals surface area contributed by atoms with Gasteiger partial charge in [0, 0.05) is 30.4 Å². The van der Waals surface area contributed by atoms with Crippen LogP contribution in [0.1, 0.15) is 33.6 Å². The molecule has 4 heteroatoms. The van der Waals surface area contributed by atoms with Crippen LogP contribution >= 0.6 is 15.9 Å². The molecule has 0 saturated carbocycles. The summed E-state index contributed by atoms with van der Waals surface area (Å²) in [7, 11) is 1.70. The lowest BCUT2D eigenvalue weighted by atomic mass is 9.92. The first-order valence-corrected chi connectivity index (χ1v) is 8.17. The van der Waals surface area contributed by atoms with Crippen LogP contribution in [0.2, 0.25) is 0 Å². The molecule has 1 aliphatic heterocycles. The molecule has 0 aliphatic carbocycles. The first-order valence-electron chi connectivity index (χ1n) is 7.38. The molecule has 1 aromatic rings. The number of hydrogen-bond donors (Lipinski definition) is 1. The van der Waals surface area contributed by atoms with Gasteiger partial charge in [0.25, 0.3) is 0 Å². The molecule has 0 radical (unpaired) electrons. The van der Waals surface area contributed by atoms with Gasteiger partial charge in [0.1, 0.15) is 5.75 Å². The molecular formula is C16H25BrN2O. The second-order valence-electron chi connectivity index (χ2n) is 5.80. The lowest BCUT2D eigenvalue weighted by Gasteiger charge is -2.47. The van der Waals surface area contributed by atoms with Crippen molar-refractivity contribution in [2.75, 3.05) is 25.1 Å². The zero-order valence-electron chi connectivity index (χ0n) is 12.9. The summed E-state index contributed by atoms with van der Waals surface area (Å²) in [5, 5.41) is 3.70. The van der Waals surface area contributed by atoms with E-state index in [1.54, 1.807) is 7.11 Å². The summed E-state index contributed by atoms with van der Waals surface area (Å²) < 4.78 is 6.34. The minimum Gasteiger partial charge on any atom is -0.496 e. The average molecular weight is 341 g/mol. The van der Waals surface area contributed by atoms with Gasteiger partial charge in [0.05, 0.1) is 11.6 Å². The van der Waals surface area contributed by atoms with Gasteiger partial charge in [-0.15, -0.1) is 0 Å². The Kier molecular flexibility index (Phi) is 4.97. The third kappa shape index (κ3) is 3.12. The number of nitrogens with one attached hydrogen (secondary N) is 1. The molecule has 2 atom stereocenters. The fourth-order valence-electron chi connectivity index (χ4n) is 2.77. The van der Waals surface area contributed by atoms with Gasteiger partial charge >= 0.3 is 0 Å². The van der Waals surface area contributed by atoms with Crippen molar-refractivity contribution in [2.45, 2.75) is 45.2 Å². The van der Waals surface area contributed by atoms with Crippen molar-refractivity contribution in [2.24, 2.45) is 0 Å². The van der Waals surface area contributed by atoms with E-state index in [1.807, 2.05) is 6.07 Å². The Labute approximate surface area is 130 Å². The fourth-order valence-corrected chi connectivity index (χ4v) is 3.30. The van der Waals surface area contributed by atoms with Crippen LogP contribution in [-0.2, 0) is 0 Å². The molecule has 0 spiro atoms. The summed E-state index contributed by atoms with van der Waals surface area (Å²) in [4.78, 5) is 2.53. The average Bonchev–Trinajstić information content (AvgIpc) is 2.47. The molecule has 112 valence electrons. The minimum absolute atomic E-state index is 0.193. The second kappa shape index (κ2) is 6.35. The molecule has 1 aromatic carbocycles. The van der Waals surface area contributed by atoms with E-state index in [2.05, 4.69) is 59.1 Å². The number of piperazine rings is 1. The smallest absolute Gasteiger partial charge is 0.133 e. The van der Waals surface area contributed by atoms with Crippen molar-refractivity contribution in [1.82, 2.24) is 5.32 Å². The first-order chi connectivity index (χ1) is 9.53. The number of halogens is 1. The summed E-state index contributed by atoms with van der Waals surface area (Å²) >= 11 is 3.59. The van der Waals surface area contributed by atoms with Gasteiger partial charge < -0.3 is 15.0 Å². The second-order valence-corrected chi connectivity index (χ2v) is 6.66. The molecule has 2 rings (SSSR count). The summed E-state index contributed by atoms with van der Waals surface area (Å²) in [6.45, 7) is 8.91. The van der Waals surface area contributed by atoms with Crippen molar-refractivity contribution in [3.63, 3.8) is 0 Å². The Balaban J connectivity index is 2.29. The van der Waals surface area contributed by atoms with Crippen molar-refractivity contribution in [3.05, 3.63) is 22.7 Å². The van der Waals surface area contributed by atoms with Crippen LogP contribution in [-0.4, -0.2) is 31.8 Å². The summed E-state index contributed by atoms with van der Waals surface area (Å²) in [6.07, 6.45) is 2.29. The van der Waals surface area contributed by atoms with Crippen LogP contribution in [0.25, 0.3) is 0 Å². The first kappa shape index (κ1) is 15.6. The lowest BCUT2D eigenvalue weighted by Crippen LogP contribution is -2.62. The molecule has 1 fully saturated rings. The van der Waals surface area contributed by atoms with Gasteiger partial charge in [-0.1, -0.05) is 13.8 Å². The topological polar surface area (TPSA) is 24.5 Å². The fraction of sp³-hybridized carbons (Fsp3) is 0.625. The molecule has 2 unspecified atom stereocenters. The van der Waals surface area contributed by atoms with E-state index in [0.717, 1.165) is 36.2 Å². The number of anilines is 1. The SMILES string of the molecule is CCC1CNC(C)(CC)CN1c1ccc(OC)c(Br)c1. The maximum atomic E-state index is 5.32. The molecule has 0 amide bonds. The van der Waals surface area contributed by atoms with Crippen LogP contribution in [0.3, 0.4) is 0 Å². The van der Waals surface area contributed by atoms with Crippen LogP contribution < -0.4 is 15.0 Å². The standard InChI is InChI=1S/C16H25BrN2O/c1-5-12-10-18-16(3,6-2)11-19(12)13-7-8-15(20-4)14(17)9-13/h7-9,12,18H,5-6,10-11H2,1-4H3. The van der Waals surface area contributed by atoms with Crippen molar-refractivity contribution in [3.8, 4) is 5.75 Å². The highest BCUT2D eigenvalue weighted by Gasteiger charge is 2.33. The normalized spacial score (nSPS) is 26.6. The van der Waals surface area contributed by atoms with Gasteiger partial charge in [0.15, 0.2) is 0 Å². The number of benzene rings is 1. The third-order valence-corrected chi connectivity index (χ3v) is 5.06. The van der Waals surface area contributed by atoms with Gasteiger partial charge in [0.2, 0.25) is 0 Å². The minimum atomic E-state index is 0.193. The predicted octanol–water partition coefficient (Wildman–Crippen LogP) is 3.81. The van der Waals surface area contributed by atoms with Crippen LogP contribution in [0.4, 0.5) is 5.69 Å². The van der Waals surface area contributed by atoms with Crippen LogP contribution in [0.5, 0.6) is 5.75 Å². The zero-order valence-corrected chi connectivity index (χ0v) is 14.5. The Morgan fingerprint density at radius 3 is 2.75 bits per heavy atom. The van der Waals surface area contributed by atoms with E-state index in [-0.39, 0.29) is 5.54 Å². The molecule has 0 aromatic heterocycles. The van der Waals surface area contributed by atoms with E-state index >= 15 is 0 Å². The van der Waals surface area contributed by atoms with Crippen molar-refractivity contribution in [1.29, 1.82) is 0 Å². The maximum Gasteiger partial charge on any atom is 0.133 e. The monoisotopic (exact) mass is 340 g/mol. The van der Waals surface area contributed by atoms with E-state index in [9.17, 15) is 0 Å². The van der Waals surface area contributed by atoms with Gasteiger partial charge in [-0.05, 0) is 53.9 Å². The highest BCUT2D eigenvalue weighted by atomic mass is 79.9. The molecule has 0 bridgehead atoms. The largest absolute Gasteiger partial charge is 0.496 e. The van der Waals surface area contributed by atoms with E-state index in [1.165, 1.54) is 5.69 Å². The van der Waals surface area contributed by atoms with Gasteiger partial charge in [-0.2, -0.15) is 0 Å². The number of nitrogens with zero attached hydrogens (tertiary/aromatic N) is 1. The predicted molar refractivity (Wildman–Crippen MR) is 88.8 cm³/mol. The summed E-state index contributed by atoms with van der Waals surface area (Å²) in [6, 6.07) is 6.92. The maximum absolute atomic E-state index is 5.32. The highest BCUT2D eigenvalue weighted by Crippen LogP contribution is 2.33. The number of methoxy groups -OCH3 is 1. The molecule has 1 aliphatic rings. The van der Waals surface area contributed by atoms with Crippen LogP contribution in [0.15, 0.2) is 22.7 Å². The Morgan fingerprint density at radius 2 is 2.20 bits per heavy atom. The quantitative estimate of drug-likeness (QED) is 0.901. The third-order valence-electron chi connectivity index (χ3n) is 4.44. The van der Waals surface area contributed by atoms with Crippen LogP contribution in [0, 0.1) is 0 Å². The lowest BCUT2D eigenvalue weighted by molar-refractivity contribution is 0.276. The molecule has 1 N–H and O–H groups in total. The molecule has 3 nitrogen and oxygen atoms in total. The summed E-state index contributed by atoms with van der Waals surface area (Å²) in [5.41, 5.74) is 1.46. The number of hydrogen-bond acceptors (Lipinski definition) is 3. The summed E-state index contributed by atoms with van der Waals surface area (Å²) in [5.74, 6) is 0.884. The molecule has 1 heterocycles. The van der Waals surface area contributed by atoms with Crippen molar-refractivity contribution < 1.29 is 4.74 Å². The Hall–Kier alpha value is -0.740. The molecule has 1 saturated heterocycles. The zero-order chi connectivity index (χ0) is 14.8. The highest BCUT2D eigenvalue weighted by molar-refractivity contribution is 9.10.